The molecule has 0 unspecified atom stereocenters. The van der Waals surface area contributed by atoms with Crippen LogP contribution < -0.4 is 0 Å². The van der Waals surface area contributed by atoms with Gasteiger partial charge in [0.1, 0.15) is 5.01 Å². The molecule has 1 rings (SSSR count). The van der Waals surface area contributed by atoms with Crippen LogP contribution in [0.2, 0.25) is 0 Å². The van der Waals surface area contributed by atoms with Crippen LogP contribution in [0, 0.1) is 6.92 Å². The average Bonchev–Trinajstić information content (AvgIpc) is 2.32. The molecule has 0 N–H and O–H groups in total. The van der Waals surface area contributed by atoms with Gasteiger partial charge in [-0.15, -0.1) is 10.2 Å². The first-order chi connectivity index (χ1) is 5.04. The van der Waals surface area contributed by atoms with E-state index >= 15 is 0 Å². The normalized spacial score (nSPS) is 12.0. The van der Waals surface area contributed by atoms with Gasteiger partial charge in [-0.3, -0.25) is 0 Å². The molecule has 1 radical (unpaired) electrons. The Bertz CT molecular complexity index is 242. The van der Waals surface area contributed by atoms with Crippen LogP contribution in [0.5, 0.6) is 0 Å². The maximum atomic E-state index is 11.8. The zero-order valence-corrected chi connectivity index (χ0v) is 6.17. The molecule has 0 aliphatic carbocycles. The van der Waals surface area contributed by atoms with Crippen LogP contribution in [0.4, 0.5) is 13.2 Å². The molecule has 11 heavy (non-hydrogen) atoms. The van der Waals surface area contributed by atoms with Gasteiger partial charge in [0.15, 0.2) is 0 Å². The zero-order chi connectivity index (χ0) is 8.48. The predicted octanol–water partition coefficient (Wildman–Crippen LogP) is 1.93. The number of alkyl halides is 3. The maximum absolute atomic E-state index is 11.8. The number of rotatable bonds is 1. The molecule has 2 nitrogen and oxygen atoms in total. The quantitative estimate of drug-likeness (QED) is 0.661. The van der Waals surface area contributed by atoms with Gasteiger partial charge in [0.25, 0.3) is 0 Å². The zero-order valence-electron chi connectivity index (χ0n) is 5.35. The molecule has 0 amide bonds. The lowest BCUT2D eigenvalue weighted by atomic mass is 10.5. The van der Waals surface area contributed by atoms with Crippen LogP contribution in [0.3, 0.4) is 0 Å². The molecule has 61 valence electrons. The van der Waals surface area contributed by atoms with Crippen molar-refractivity contribution in [1.82, 2.24) is 10.2 Å². The van der Waals surface area contributed by atoms with Crippen LogP contribution in [0.1, 0.15) is 10.0 Å². The topological polar surface area (TPSA) is 25.8 Å². The summed E-state index contributed by atoms with van der Waals surface area (Å²) >= 11 is 0.530. The van der Waals surface area contributed by atoms with Gasteiger partial charge < -0.3 is 0 Å². The van der Waals surface area contributed by atoms with Gasteiger partial charge in [0.05, 0.1) is 0 Å². The van der Waals surface area contributed by atoms with Gasteiger partial charge in [0.2, 0.25) is 5.01 Å². The van der Waals surface area contributed by atoms with E-state index in [2.05, 4.69) is 17.1 Å². The summed E-state index contributed by atoms with van der Waals surface area (Å²) in [6, 6.07) is 0. The van der Waals surface area contributed by atoms with Gasteiger partial charge in [-0.05, 0) is 6.92 Å². The highest BCUT2D eigenvalue weighted by molar-refractivity contribution is 7.11. The lowest BCUT2D eigenvalue weighted by molar-refractivity contribution is -0.138. The van der Waals surface area contributed by atoms with Crippen LogP contribution in [-0.2, 0) is 12.6 Å². The Morgan fingerprint density at radius 2 is 2.00 bits per heavy atom. The molecule has 0 aliphatic heterocycles. The second-order valence-electron chi connectivity index (χ2n) is 1.75. The molecular formula is C5H4F3N2S. The summed E-state index contributed by atoms with van der Waals surface area (Å²) in [6.07, 6.45) is -4.13. The molecule has 0 aliphatic rings. The fraction of sp³-hybridized carbons (Fsp3) is 0.400. The second-order valence-corrected chi connectivity index (χ2v) is 2.81. The van der Waals surface area contributed by atoms with Crippen LogP contribution in [0.15, 0.2) is 0 Å². The van der Waals surface area contributed by atoms with Crippen LogP contribution in [0.25, 0.3) is 0 Å². The van der Waals surface area contributed by atoms with Crippen molar-refractivity contribution in [2.45, 2.75) is 12.6 Å². The lowest BCUT2D eigenvalue weighted by Crippen LogP contribution is -2.03. The Morgan fingerprint density at radius 3 is 2.27 bits per heavy atom. The number of halogens is 3. The minimum absolute atomic E-state index is 0.244. The van der Waals surface area contributed by atoms with Gasteiger partial charge in [0, 0.05) is 6.42 Å². The molecule has 1 heterocycles. The molecule has 1 aromatic heterocycles. The molecule has 0 aromatic carbocycles. The highest BCUT2D eigenvalue weighted by atomic mass is 32.1. The minimum atomic E-state index is -4.37. The largest absolute Gasteiger partial charge is 0.445 e. The van der Waals surface area contributed by atoms with Gasteiger partial charge in [-0.25, -0.2) is 0 Å². The Labute approximate surface area is 65.1 Å². The predicted molar refractivity (Wildman–Crippen MR) is 34.0 cm³/mol. The summed E-state index contributed by atoms with van der Waals surface area (Å²) in [6.45, 7) is 3.39. The fourth-order valence-electron chi connectivity index (χ4n) is 0.469. The number of hydrogen-bond acceptors (Lipinski definition) is 3. The fourth-order valence-corrected chi connectivity index (χ4v) is 1.07. The number of nitrogens with zero attached hydrogens (tertiary/aromatic N) is 2. The summed E-state index contributed by atoms with van der Waals surface area (Å²) in [5.74, 6) is 0. The first kappa shape index (κ1) is 8.45. The maximum Gasteiger partial charge on any atom is 0.445 e. The summed E-state index contributed by atoms with van der Waals surface area (Å²) in [4.78, 5) is 0. The lowest BCUT2D eigenvalue weighted by Gasteiger charge is -1.97. The SMILES string of the molecule is [CH2]Cc1nnc(C(F)(F)F)s1. The first-order valence-corrected chi connectivity index (χ1v) is 3.54. The first-order valence-electron chi connectivity index (χ1n) is 2.73. The third kappa shape index (κ3) is 1.89. The second kappa shape index (κ2) is 2.77. The van der Waals surface area contributed by atoms with Crippen molar-refractivity contribution in [1.29, 1.82) is 0 Å². The molecule has 0 fully saturated rings. The van der Waals surface area contributed by atoms with Gasteiger partial charge >= 0.3 is 6.18 Å². The van der Waals surface area contributed by atoms with Crippen LogP contribution in [-0.4, -0.2) is 10.2 Å². The van der Waals surface area contributed by atoms with E-state index in [1.165, 1.54) is 0 Å². The smallest absolute Gasteiger partial charge is 0.164 e. The summed E-state index contributed by atoms with van der Waals surface area (Å²) < 4.78 is 35.5. The third-order valence-corrected chi connectivity index (χ3v) is 1.95. The molecular weight excluding hydrogens is 177 g/mol. The Kier molecular flexibility index (Phi) is 2.12. The Balaban J connectivity index is 2.89. The molecule has 0 saturated heterocycles. The van der Waals surface area contributed by atoms with Crippen molar-refractivity contribution in [3.8, 4) is 0 Å². The van der Waals surface area contributed by atoms with E-state index in [9.17, 15) is 13.2 Å². The number of hydrogen-bond donors (Lipinski definition) is 0. The van der Waals surface area contributed by atoms with Crippen molar-refractivity contribution in [3.05, 3.63) is 16.9 Å². The summed E-state index contributed by atoms with van der Waals surface area (Å²) in [5.41, 5.74) is 0. The summed E-state index contributed by atoms with van der Waals surface area (Å²) in [7, 11) is 0. The summed E-state index contributed by atoms with van der Waals surface area (Å²) in [5, 5.41) is 5.65. The molecule has 0 bridgehead atoms. The van der Waals surface area contributed by atoms with Crippen molar-refractivity contribution in [3.63, 3.8) is 0 Å². The van der Waals surface area contributed by atoms with Crippen molar-refractivity contribution >= 4 is 11.3 Å². The Morgan fingerprint density at radius 1 is 1.36 bits per heavy atom. The molecule has 6 heteroatoms. The van der Waals surface area contributed by atoms with Crippen molar-refractivity contribution in [2.75, 3.05) is 0 Å². The van der Waals surface area contributed by atoms with E-state index < -0.39 is 11.2 Å². The standard InChI is InChI=1S/C5H4F3N2S/c1-2-3-9-10-4(11-3)5(6,7)8/h1-2H2. The van der Waals surface area contributed by atoms with E-state index in [-0.39, 0.29) is 6.42 Å². The third-order valence-electron chi connectivity index (χ3n) is 0.923. The number of aromatic nitrogens is 2. The molecule has 0 saturated carbocycles. The highest BCUT2D eigenvalue weighted by Gasteiger charge is 2.35. The molecule has 0 spiro atoms. The van der Waals surface area contributed by atoms with Crippen molar-refractivity contribution < 1.29 is 13.2 Å². The highest BCUT2D eigenvalue weighted by Crippen LogP contribution is 2.31. The van der Waals surface area contributed by atoms with E-state index in [4.69, 9.17) is 0 Å². The minimum Gasteiger partial charge on any atom is -0.164 e. The molecule has 1 aromatic rings. The Hall–Kier alpha value is -0.650. The monoisotopic (exact) mass is 181 g/mol. The van der Waals surface area contributed by atoms with E-state index in [1.54, 1.807) is 0 Å². The van der Waals surface area contributed by atoms with Gasteiger partial charge in [-0.2, -0.15) is 13.2 Å². The van der Waals surface area contributed by atoms with E-state index in [1.807, 2.05) is 0 Å². The average molecular weight is 181 g/mol. The van der Waals surface area contributed by atoms with E-state index in [0.29, 0.717) is 16.3 Å². The molecule has 0 atom stereocenters. The van der Waals surface area contributed by atoms with Crippen molar-refractivity contribution in [2.24, 2.45) is 0 Å². The van der Waals surface area contributed by atoms with Crippen LogP contribution >= 0.6 is 11.3 Å². The van der Waals surface area contributed by atoms with Gasteiger partial charge in [-0.1, -0.05) is 11.3 Å². The van der Waals surface area contributed by atoms with E-state index in [0.717, 1.165) is 0 Å².